The summed E-state index contributed by atoms with van der Waals surface area (Å²) in [7, 11) is 1.38. The van der Waals surface area contributed by atoms with Crippen molar-refractivity contribution in [1.29, 1.82) is 0 Å². The van der Waals surface area contributed by atoms with E-state index in [1.54, 1.807) is 0 Å². The number of hydrogen-bond donors (Lipinski definition) is 0. The first kappa shape index (κ1) is 12.7. The third-order valence-electron chi connectivity index (χ3n) is 1.93. The molecule has 1 unspecified atom stereocenters. The molecular formula is C10H7CoI2O. The van der Waals surface area contributed by atoms with E-state index in [1.165, 1.54) is 8.26 Å². The van der Waals surface area contributed by atoms with Gasteiger partial charge in [-0.05, 0) is 5.56 Å². The first-order valence-electron chi connectivity index (χ1n) is 3.82. The maximum absolute atomic E-state index is 10.4. The second-order valence-corrected chi connectivity index (χ2v) is 11.4. The molecule has 0 spiro atoms. The number of rotatable bonds is 1. The predicted molar refractivity (Wildman–Crippen MR) is 72.0 cm³/mol. The summed E-state index contributed by atoms with van der Waals surface area (Å²) < 4.78 is 0. The number of carbonyl (C=O) groups excluding carboxylic acids is 1. The first-order valence-corrected chi connectivity index (χ1v) is 10.5. The molecule has 0 aromatic heterocycles. The minimum atomic E-state index is -0.133. The molecule has 0 saturated heterocycles. The molecule has 1 aliphatic rings. The molecule has 0 heterocycles. The van der Waals surface area contributed by atoms with Crippen LogP contribution in [0.1, 0.15) is 17.0 Å². The Kier molecular flexibility index (Phi) is 6.30. The minimum absolute atomic E-state index is 0.133. The van der Waals surface area contributed by atoms with Crippen LogP contribution in [0.2, 0.25) is 0 Å². The standard InChI is InChI=1S/C10H7O.Co.2HI/c11-7-9-6-5-8-3-1-2-4-10(8)9;;;/h1-6,9H;;2*1H/q-1;+3;;/p-2. The van der Waals surface area contributed by atoms with Gasteiger partial charge in [-0.25, -0.2) is 0 Å². The molecule has 1 nitrogen and oxygen atoms in total. The van der Waals surface area contributed by atoms with E-state index >= 15 is 0 Å². The van der Waals surface area contributed by atoms with Crippen molar-refractivity contribution < 1.29 is 13.1 Å². The molecule has 76 valence electrons. The molecule has 0 aliphatic heterocycles. The number of allylic oxidation sites excluding steroid dienone is 1. The summed E-state index contributed by atoms with van der Waals surface area (Å²) in [5.74, 6) is -0.133. The van der Waals surface area contributed by atoms with Gasteiger partial charge in [0.2, 0.25) is 0 Å². The molecule has 1 aliphatic carbocycles. The number of halogens is 2. The summed E-state index contributed by atoms with van der Waals surface area (Å²) >= 11 is 4.49. The summed E-state index contributed by atoms with van der Waals surface area (Å²) in [6.07, 6.45) is 5.82. The van der Waals surface area contributed by atoms with Gasteiger partial charge in [-0.2, -0.15) is 0 Å². The fourth-order valence-corrected chi connectivity index (χ4v) is 1.35. The van der Waals surface area contributed by atoms with E-state index in [0.29, 0.717) is 0 Å². The van der Waals surface area contributed by atoms with Gasteiger partial charge in [-0.1, -0.05) is 41.8 Å². The summed E-state index contributed by atoms with van der Waals surface area (Å²) in [6, 6.07) is 7.88. The van der Waals surface area contributed by atoms with Gasteiger partial charge in [0, 0.05) is 0 Å². The van der Waals surface area contributed by atoms with E-state index < -0.39 is 0 Å². The van der Waals surface area contributed by atoms with E-state index in [0.717, 1.165) is 11.1 Å². The molecule has 0 amide bonds. The molecular weight excluding hydrogens is 449 g/mol. The van der Waals surface area contributed by atoms with Crippen LogP contribution in [0.25, 0.3) is 6.08 Å². The molecule has 2 rings (SSSR count). The van der Waals surface area contributed by atoms with E-state index in [4.69, 9.17) is 0 Å². The Morgan fingerprint density at radius 3 is 2.57 bits per heavy atom. The fraction of sp³-hybridized carbons (Fsp3) is 0.100. The van der Waals surface area contributed by atoms with E-state index in [9.17, 15) is 4.79 Å². The molecule has 0 radical (unpaired) electrons. The zero-order chi connectivity index (χ0) is 10.4. The van der Waals surface area contributed by atoms with Crippen LogP contribution < -0.4 is 0 Å². The van der Waals surface area contributed by atoms with Gasteiger partial charge < -0.3 is 4.79 Å². The van der Waals surface area contributed by atoms with E-state index in [2.05, 4.69) is 40.8 Å². The Hall–Kier alpha value is 0.596. The molecule has 14 heavy (non-hydrogen) atoms. The van der Waals surface area contributed by atoms with E-state index in [-0.39, 0.29) is 5.92 Å². The Morgan fingerprint density at radius 2 is 1.93 bits per heavy atom. The second kappa shape index (κ2) is 6.97. The quantitative estimate of drug-likeness (QED) is 0.466. The van der Waals surface area contributed by atoms with Crippen molar-refractivity contribution in [2.24, 2.45) is 0 Å². The van der Waals surface area contributed by atoms with Crippen LogP contribution >= 0.6 is 40.8 Å². The second-order valence-electron chi connectivity index (χ2n) is 2.63. The summed E-state index contributed by atoms with van der Waals surface area (Å²) in [5, 5.41) is 0. The van der Waals surface area contributed by atoms with Crippen LogP contribution in [0.4, 0.5) is 0 Å². The summed E-state index contributed by atoms with van der Waals surface area (Å²) in [6.45, 7) is 0. The fourth-order valence-electron chi connectivity index (χ4n) is 1.35. The van der Waals surface area contributed by atoms with Gasteiger partial charge in [0.05, 0.1) is 0 Å². The molecule has 1 atom stereocenters. The third-order valence-corrected chi connectivity index (χ3v) is 1.93. The average molecular weight is 456 g/mol. The van der Waals surface area contributed by atoms with Crippen LogP contribution in [0.15, 0.2) is 30.3 Å². The van der Waals surface area contributed by atoms with Crippen molar-refractivity contribution >= 4 is 53.2 Å². The van der Waals surface area contributed by atoms with Crippen molar-refractivity contribution in [3.63, 3.8) is 0 Å². The molecule has 1 aromatic rings. The Morgan fingerprint density at radius 1 is 1.29 bits per heavy atom. The molecule has 0 bridgehead atoms. The monoisotopic (exact) mass is 456 g/mol. The van der Waals surface area contributed by atoms with Crippen LogP contribution in [0.5, 0.6) is 0 Å². The summed E-state index contributed by atoms with van der Waals surface area (Å²) in [5.41, 5.74) is 2.21. The van der Waals surface area contributed by atoms with E-state index in [1.807, 2.05) is 42.7 Å². The molecule has 4 heteroatoms. The number of fused-ring (bicyclic) bond motifs is 1. The van der Waals surface area contributed by atoms with Crippen molar-refractivity contribution in [3.05, 3.63) is 41.5 Å². The van der Waals surface area contributed by atoms with Crippen LogP contribution in [0.3, 0.4) is 0 Å². The Labute approximate surface area is 112 Å². The summed E-state index contributed by atoms with van der Waals surface area (Å²) in [4.78, 5) is 10.4. The maximum atomic E-state index is 10.4. The zero-order valence-corrected chi connectivity index (χ0v) is 12.4. The molecule has 0 N–H and O–H groups in total. The van der Waals surface area contributed by atoms with Gasteiger partial charge in [0.15, 0.2) is 0 Å². The van der Waals surface area contributed by atoms with Gasteiger partial charge in [0.1, 0.15) is 0 Å². The number of benzene rings is 1. The normalized spacial score (nSPS) is 17.1. The average Bonchev–Trinajstić information content (AvgIpc) is 2.62. The van der Waals surface area contributed by atoms with Crippen molar-refractivity contribution in [2.75, 3.05) is 0 Å². The SMILES string of the molecule is O=[C-]C1C=Cc2ccccc21.[I][Co+][I]. The van der Waals surface area contributed by atoms with Gasteiger partial charge in [0.25, 0.3) is 0 Å². The van der Waals surface area contributed by atoms with Gasteiger partial charge in [-0.3, -0.25) is 6.29 Å². The van der Waals surface area contributed by atoms with Crippen molar-refractivity contribution in [2.45, 2.75) is 5.92 Å². The Balaban J connectivity index is 0.000000293. The topological polar surface area (TPSA) is 17.1 Å². The van der Waals surface area contributed by atoms with Gasteiger partial charge >= 0.3 is 49.1 Å². The molecule has 1 aromatic carbocycles. The van der Waals surface area contributed by atoms with Crippen molar-refractivity contribution in [3.8, 4) is 0 Å². The van der Waals surface area contributed by atoms with Crippen molar-refractivity contribution in [1.82, 2.24) is 0 Å². The Bertz CT molecular complexity index is 339. The van der Waals surface area contributed by atoms with Gasteiger partial charge in [-0.15, -0.1) is 6.08 Å². The van der Waals surface area contributed by atoms with Crippen LogP contribution in [0, 0.1) is 0 Å². The predicted octanol–water partition coefficient (Wildman–Crippen LogP) is 3.68. The van der Waals surface area contributed by atoms with Crippen LogP contribution in [-0.4, -0.2) is 6.29 Å². The number of hydrogen-bond acceptors (Lipinski definition) is 1. The zero-order valence-electron chi connectivity index (χ0n) is 7.04. The molecule has 0 saturated carbocycles. The third kappa shape index (κ3) is 3.32. The molecule has 0 fully saturated rings. The van der Waals surface area contributed by atoms with Crippen LogP contribution in [-0.2, 0) is 13.1 Å². The first-order chi connectivity index (χ1) is 6.83.